The Morgan fingerprint density at radius 1 is 0.810 bits per heavy atom. The zero-order chi connectivity index (χ0) is 28.4. The molecule has 1 aliphatic carbocycles. The summed E-state index contributed by atoms with van der Waals surface area (Å²) in [7, 11) is -1.31. The number of hydrogen-bond acceptors (Lipinski definition) is 3. The number of rotatable bonds is 4. The second-order valence-corrected chi connectivity index (χ2v) is 18.2. The molecule has 215 valence electrons. The molecule has 3 heterocycles. The van der Waals surface area contributed by atoms with E-state index in [1.54, 1.807) is 0 Å². The van der Waals surface area contributed by atoms with Gasteiger partial charge >= 0.3 is 0 Å². The standard InChI is InChI=1S/C25H26NSSi.C12H10N.Ir/c1-28(2,3)19-11-12-20-21-9-6-10-22(25(21)27-24(20)16-19)23-15-18(13-14-26-23)17-7-4-5-8-17;1-10-7-8-12(13-9-10)11-5-3-2-4-6-11;/h6,9,11-17H,4-5,7-8H2,1-3H3;2-5,7-9H,1H3;/q2*-1;. The second kappa shape index (κ2) is 13.1. The van der Waals surface area contributed by atoms with Crippen LogP contribution in [0.2, 0.25) is 19.6 Å². The van der Waals surface area contributed by atoms with Crippen molar-refractivity contribution in [3.05, 3.63) is 115 Å². The summed E-state index contributed by atoms with van der Waals surface area (Å²) in [6.07, 6.45) is 9.22. The second-order valence-electron chi connectivity index (χ2n) is 12.1. The maximum atomic E-state index is 4.74. The Bertz CT molecular complexity index is 1780. The third-order valence-electron chi connectivity index (χ3n) is 8.06. The molecule has 0 atom stereocenters. The molecule has 0 saturated heterocycles. The quantitative estimate of drug-likeness (QED) is 0.132. The molecule has 1 aliphatic rings. The van der Waals surface area contributed by atoms with E-state index in [-0.39, 0.29) is 20.1 Å². The first-order chi connectivity index (χ1) is 19.9. The predicted octanol–water partition coefficient (Wildman–Crippen LogP) is 9.97. The number of aromatic nitrogens is 2. The molecule has 7 rings (SSSR count). The summed E-state index contributed by atoms with van der Waals surface area (Å²) >= 11 is 1.90. The summed E-state index contributed by atoms with van der Waals surface area (Å²) < 4.78 is 2.71. The summed E-state index contributed by atoms with van der Waals surface area (Å²) in [5.74, 6) is 0.711. The van der Waals surface area contributed by atoms with Crippen molar-refractivity contribution in [3.8, 4) is 22.5 Å². The van der Waals surface area contributed by atoms with Crippen LogP contribution in [0, 0.1) is 19.1 Å². The normalized spacial score (nSPS) is 13.5. The van der Waals surface area contributed by atoms with Gasteiger partial charge in [0.15, 0.2) is 0 Å². The maximum absolute atomic E-state index is 4.74. The van der Waals surface area contributed by atoms with Gasteiger partial charge in [0.25, 0.3) is 0 Å². The first-order valence-corrected chi connectivity index (χ1v) is 18.9. The number of thiophene rings is 1. The topological polar surface area (TPSA) is 25.8 Å². The number of aryl methyl sites for hydroxylation is 1. The largest absolute Gasteiger partial charge is 0.305 e. The van der Waals surface area contributed by atoms with Crippen molar-refractivity contribution >= 4 is 44.8 Å². The molecule has 0 aliphatic heterocycles. The molecule has 0 spiro atoms. The Morgan fingerprint density at radius 2 is 1.64 bits per heavy atom. The van der Waals surface area contributed by atoms with E-state index in [0.717, 1.165) is 22.5 Å². The minimum Gasteiger partial charge on any atom is -0.305 e. The first-order valence-electron chi connectivity index (χ1n) is 14.6. The smallest absolute Gasteiger partial charge is 0.0776 e. The Kier molecular flexibility index (Phi) is 9.54. The van der Waals surface area contributed by atoms with Crippen LogP contribution in [0.4, 0.5) is 0 Å². The van der Waals surface area contributed by atoms with Crippen LogP contribution in [0.5, 0.6) is 0 Å². The van der Waals surface area contributed by atoms with Gasteiger partial charge in [-0.2, -0.15) is 11.3 Å². The average molecular weight is 761 g/mol. The molecule has 3 aromatic carbocycles. The van der Waals surface area contributed by atoms with Crippen LogP contribution in [0.15, 0.2) is 91.3 Å². The van der Waals surface area contributed by atoms with Gasteiger partial charge in [-0.3, -0.25) is 0 Å². The first kappa shape index (κ1) is 30.5. The molecule has 1 fully saturated rings. The molecule has 42 heavy (non-hydrogen) atoms. The molecule has 3 aromatic heterocycles. The molecule has 1 radical (unpaired) electrons. The number of benzene rings is 3. The van der Waals surface area contributed by atoms with Crippen LogP contribution in [0.25, 0.3) is 42.7 Å². The zero-order valence-corrected chi connectivity index (χ0v) is 28.9. The molecule has 0 N–H and O–H groups in total. The van der Waals surface area contributed by atoms with E-state index >= 15 is 0 Å². The summed E-state index contributed by atoms with van der Waals surface area (Å²) in [6.45, 7) is 9.28. The van der Waals surface area contributed by atoms with Gasteiger partial charge in [-0.1, -0.05) is 79.0 Å². The van der Waals surface area contributed by atoms with Gasteiger partial charge in [0.2, 0.25) is 0 Å². The van der Waals surface area contributed by atoms with Gasteiger partial charge < -0.3 is 9.97 Å². The minimum atomic E-state index is -1.31. The van der Waals surface area contributed by atoms with Crippen molar-refractivity contribution in [2.75, 3.05) is 0 Å². The van der Waals surface area contributed by atoms with Crippen LogP contribution >= 0.6 is 11.3 Å². The third-order valence-corrected chi connectivity index (χ3v) is 11.3. The number of nitrogens with zero attached hydrogens (tertiary/aromatic N) is 2. The van der Waals surface area contributed by atoms with Gasteiger partial charge in [-0.25, -0.2) is 0 Å². The van der Waals surface area contributed by atoms with Crippen molar-refractivity contribution in [1.29, 1.82) is 0 Å². The number of hydrogen-bond donors (Lipinski definition) is 0. The van der Waals surface area contributed by atoms with Crippen LogP contribution in [-0.4, -0.2) is 18.0 Å². The number of fused-ring (bicyclic) bond motifs is 3. The predicted molar refractivity (Wildman–Crippen MR) is 179 cm³/mol. The number of pyridine rings is 2. The molecule has 0 amide bonds. The fourth-order valence-corrected chi connectivity index (χ4v) is 8.19. The monoisotopic (exact) mass is 761 g/mol. The van der Waals surface area contributed by atoms with Crippen LogP contribution < -0.4 is 5.19 Å². The summed E-state index contributed by atoms with van der Waals surface area (Å²) in [4.78, 5) is 9.06. The fourth-order valence-electron chi connectivity index (χ4n) is 5.67. The van der Waals surface area contributed by atoms with Crippen LogP contribution in [-0.2, 0) is 20.1 Å². The minimum absolute atomic E-state index is 0. The summed E-state index contributed by atoms with van der Waals surface area (Å²) in [5.41, 5.74) is 6.89. The maximum Gasteiger partial charge on any atom is 0.0776 e. The Hall–Kier alpha value is -2.95. The molecule has 0 unspecified atom stereocenters. The molecular formula is C37H36IrN2SSi-2. The molecule has 6 aromatic rings. The Balaban J connectivity index is 0.000000212. The van der Waals surface area contributed by atoms with Crippen molar-refractivity contribution in [2.24, 2.45) is 0 Å². The Morgan fingerprint density at radius 3 is 2.36 bits per heavy atom. The van der Waals surface area contributed by atoms with E-state index in [0.29, 0.717) is 5.92 Å². The zero-order valence-electron chi connectivity index (χ0n) is 24.7. The SMILES string of the molecule is C[Si](C)(C)c1ccc2c(c1)sc1c(-c3cc(C4CCCC4)ccn3)[c-]ccc12.Cc1ccc(-c2[c-]cccc2)nc1.[Ir]. The third kappa shape index (κ3) is 6.66. The van der Waals surface area contributed by atoms with Gasteiger partial charge in [0, 0.05) is 37.2 Å². The van der Waals surface area contributed by atoms with Gasteiger partial charge in [0.05, 0.1) is 8.07 Å². The molecule has 0 bridgehead atoms. The van der Waals surface area contributed by atoms with Crippen LogP contribution in [0.3, 0.4) is 0 Å². The summed E-state index contributed by atoms with van der Waals surface area (Å²) in [6, 6.07) is 34.5. The van der Waals surface area contributed by atoms with E-state index in [1.807, 2.05) is 61.0 Å². The van der Waals surface area contributed by atoms with E-state index in [2.05, 4.69) is 85.3 Å². The molecular weight excluding hydrogens is 725 g/mol. The average Bonchev–Trinajstić information content (AvgIpc) is 3.66. The molecule has 5 heteroatoms. The molecule has 2 nitrogen and oxygen atoms in total. The van der Waals surface area contributed by atoms with Crippen molar-refractivity contribution < 1.29 is 20.1 Å². The van der Waals surface area contributed by atoms with E-state index in [9.17, 15) is 0 Å². The van der Waals surface area contributed by atoms with E-state index in [1.165, 1.54) is 62.2 Å². The van der Waals surface area contributed by atoms with Crippen molar-refractivity contribution in [2.45, 2.75) is 58.2 Å². The van der Waals surface area contributed by atoms with Crippen LogP contribution in [0.1, 0.15) is 42.7 Å². The summed E-state index contributed by atoms with van der Waals surface area (Å²) in [5, 5.41) is 4.23. The fraction of sp³-hybridized carbons (Fsp3) is 0.243. The van der Waals surface area contributed by atoms with E-state index < -0.39 is 8.07 Å². The van der Waals surface area contributed by atoms with Crippen molar-refractivity contribution in [3.63, 3.8) is 0 Å². The molecule has 1 saturated carbocycles. The van der Waals surface area contributed by atoms with E-state index in [4.69, 9.17) is 4.98 Å². The van der Waals surface area contributed by atoms with Gasteiger partial charge in [-0.05, 0) is 64.9 Å². The van der Waals surface area contributed by atoms with Gasteiger partial charge in [-0.15, -0.1) is 59.7 Å². The Labute approximate surface area is 268 Å². The van der Waals surface area contributed by atoms with Crippen molar-refractivity contribution in [1.82, 2.24) is 9.97 Å². The van der Waals surface area contributed by atoms with Gasteiger partial charge in [0.1, 0.15) is 0 Å².